The average Bonchev–Trinajstić information content (AvgIpc) is 2.12. The van der Waals surface area contributed by atoms with E-state index in [1.54, 1.807) is 0 Å². The molecule has 0 atom stereocenters. The second-order valence-corrected chi connectivity index (χ2v) is 9.49. The van der Waals surface area contributed by atoms with Crippen molar-refractivity contribution in [2.75, 3.05) is 0 Å². The van der Waals surface area contributed by atoms with Gasteiger partial charge in [-0.05, 0) is 12.1 Å². The molecule has 0 aromatic heterocycles. The van der Waals surface area contributed by atoms with Gasteiger partial charge in [0.2, 0.25) is 0 Å². The zero-order valence-corrected chi connectivity index (χ0v) is 12.1. The lowest BCUT2D eigenvalue weighted by molar-refractivity contribution is 0.533. The highest BCUT2D eigenvalue weighted by Crippen LogP contribution is 2.59. The van der Waals surface area contributed by atoms with E-state index in [9.17, 15) is 0 Å². The highest BCUT2D eigenvalue weighted by atomic mass is 31.1. The van der Waals surface area contributed by atoms with Crippen LogP contribution in [0.5, 0.6) is 5.75 Å². The van der Waals surface area contributed by atoms with Gasteiger partial charge in [-0.2, -0.15) is 0 Å². The third kappa shape index (κ3) is 3.79. The van der Waals surface area contributed by atoms with Crippen LogP contribution >= 0.6 is 8.15 Å². The molecule has 0 heterocycles. The highest BCUT2D eigenvalue weighted by Gasteiger charge is 2.37. The molecule has 1 nitrogen and oxygen atoms in total. The van der Waals surface area contributed by atoms with E-state index in [0.29, 0.717) is 0 Å². The van der Waals surface area contributed by atoms with Crippen LogP contribution in [0.15, 0.2) is 30.3 Å². The molecule has 1 aromatic carbocycles. The van der Waals surface area contributed by atoms with Gasteiger partial charge in [0.15, 0.2) is 0 Å². The summed E-state index contributed by atoms with van der Waals surface area (Å²) in [6.45, 7) is 13.5. The molecule has 0 spiro atoms. The van der Waals surface area contributed by atoms with E-state index in [4.69, 9.17) is 4.52 Å². The molecule has 0 aliphatic heterocycles. The third-order valence-electron chi connectivity index (χ3n) is 2.16. The lowest BCUT2D eigenvalue weighted by atomic mass is 10.2. The molecule has 0 radical (unpaired) electrons. The molecule has 0 aliphatic carbocycles. The summed E-state index contributed by atoms with van der Waals surface area (Å²) in [6, 6.07) is 10.1. The highest BCUT2D eigenvalue weighted by molar-refractivity contribution is 7.56. The predicted molar refractivity (Wildman–Crippen MR) is 73.5 cm³/mol. The number of hydrogen-bond acceptors (Lipinski definition) is 1. The maximum atomic E-state index is 6.21. The first-order valence-electron chi connectivity index (χ1n) is 5.74. The lowest BCUT2D eigenvalue weighted by Gasteiger charge is -2.39. The predicted octanol–water partition coefficient (Wildman–Crippen LogP) is 5.06. The molecule has 0 saturated heterocycles. The molecule has 0 unspecified atom stereocenters. The Morgan fingerprint density at radius 3 is 1.62 bits per heavy atom. The second-order valence-electron chi connectivity index (χ2n) is 6.04. The Kier molecular flexibility index (Phi) is 4.02. The molecule has 1 aromatic rings. The van der Waals surface area contributed by atoms with E-state index >= 15 is 0 Å². The van der Waals surface area contributed by atoms with Crippen molar-refractivity contribution in [1.29, 1.82) is 0 Å². The first-order valence-corrected chi connectivity index (χ1v) is 7.00. The fourth-order valence-corrected chi connectivity index (χ4v) is 4.76. The molecule has 2 heteroatoms. The summed E-state index contributed by atoms with van der Waals surface area (Å²) < 4.78 is 6.21. The Bertz CT molecular complexity index is 305. The van der Waals surface area contributed by atoms with Crippen LogP contribution in [0, 0.1) is 0 Å². The molecule has 0 fully saturated rings. The summed E-state index contributed by atoms with van der Waals surface area (Å²) in [5, 5.41) is 0.396. The molecule has 0 bridgehead atoms. The first-order chi connectivity index (χ1) is 7.21. The van der Waals surface area contributed by atoms with Crippen molar-refractivity contribution in [2.45, 2.75) is 51.9 Å². The zero-order chi connectivity index (χ0) is 12.4. The van der Waals surface area contributed by atoms with Gasteiger partial charge >= 0.3 is 0 Å². The number of para-hydroxylation sites is 1. The topological polar surface area (TPSA) is 9.23 Å². The smallest absolute Gasteiger partial charge is 0.123 e. The Labute approximate surface area is 101 Å². The van der Waals surface area contributed by atoms with Gasteiger partial charge in [-0.3, -0.25) is 0 Å². The molecule has 1 rings (SSSR count). The van der Waals surface area contributed by atoms with E-state index in [-0.39, 0.29) is 10.3 Å². The molecule has 0 amide bonds. The van der Waals surface area contributed by atoms with Crippen LogP contribution < -0.4 is 4.52 Å². The van der Waals surface area contributed by atoms with Crippen LogP contribution in [0.1, 0.15) is 41.5 Å². The summed E-state index contributed by atoms with van der Waals surface area (Å²) in [5.41, 5.74) is 0. The molecule has 0 aliphatic rings. The summed E-state index contributed by atoms with van der Waals surface area (Å²) in [7, 11) is -0.519. The van der Waals surface area contributed by atoms with Gasteiger partial charge in [-0.15, -0.1) is 0 Å². The quantitative estimate of drug-likeness (QED) is 0.654. The number of benzene rings is 1. The zero-order valence-electron chi connectivity index (χ0n) is 11.2. The van der Waals surface area contributed by atoms with Crippen molar-refractivity contribution in [1.82, 2.24) is 0 Å². The SMILES string of the molecule is CC(C)(C)P(Oc1ccccc1)C(C)(C)C. The second kappa shape index (κ2) is 4.75. The Morgan fingerprint density at radius 1 is 0.812 bits per heavy atom. The minimum atomic E-state index is -0.519. The van der Waals surface area contributed by atoms with E-state index in [2.05, 4.69) is 41.5 Å². The van der Waals surface area contributed by atoms with E-state index < -0.39 is 8.15 Å². The Hall–Kier alpha value is -0.550. The van der Waals surface area contributed by atoms with Gasteiger partial charge in [-0.1, -0.05) is 59.7 Å². The van der Waals surface area contributed by atoms with Gasteiger partial charge in [0, 0.05) is 10.3 Å². The monoisotopic (exact) mass is 238 g/mol. The van der Waals surface area contributed by atoms with Gasteiger partial charge < -0.3 is 4.52 Å². The van der Waals surface area contributed by atoms with Gasteiger partial charge in [0.25, 0.3) is 0 Å². The molecule has 0 N–H and O–H groups in total. The summed E-state index contributed by atoms with van der Waals surface area (Å²) >= 11 is 0. The van der Waals surface area contributed by atoms with Crippen LogP contribution in [0.2, 0.25) is 0 Å². The van der Waals surface area contributed by atoms with Gasteiger partial charge in [-0.25, -0.2) is 0 Å². The van der Waals surface area contributed by atoms with Crippen LogP contribution in [-0.4, -0.2) is 10.3 Å². The fraction of sp³-hybridized carbons (Fsp3) is 0.571. The van der Waals surface area contributed by atoms with Crippen LogP contribution in [-0.2, 0) is 0 Å². The molecule has 0 saturated carbocycles. The van der Waals surface area contributed by atoms with E-state index in [0.717, 1.165) is 5.75 Å². The fourth-order valence-electron chi connectivity index (χ4n) is 1.87. The van der Waals surface area contributed by atoms with Crippen LogP contribution in [0.3, 0.4) is 0 Å². The largest absolute Gasteiger partial charge is 0.473 e. The summed E-state index contributed by atoms with van der Waals surface area (Å²) in [6.07, 6.45) is 0. The molecular formula is C14H23OP. The van der Waals surface area contributed by atoms with Crippen LogP contribution in [0.4, 0.5) is 0 Å². The summed E-state index contributed by atoms with van der Waals surface area (Å²) in [4.78, 5) is 0. The lowest BCUT2D eigenvalue weighted by Crippen LogP contribution is -2.27. The maximum absolute atomic E-state index is 6.21. The van der Waals surface area contributed by atoms with Crippen molar-refractivity contribution in [3.8, 4) is 5.75 Å². The van der Waals surface area contributed by atoms with E-state index in [1.807, 2.05) is 30.3 Å². The molecule has 90 valence electrons. The van der Waals surface area contributed by atoms with Crippen molar-refractivity contribution < 1.29 is 4.52 Å². The third-order valence-corrected chi connectivity index (χ3v) is 4.99. The maximum Gasteiger partial charge on any atom is 0.123 e. The standard InChI is InChI=1S/C14H23OP/c1-13(2,3)16(14(4,5)6)15-12-10-8-7-9-11-12/h7-11H,1-6H3. The van der Waals surface area contributed by atoms with Gasteiger partial charge in [0.05, 0.1) is 8.15 Å². The van der Waals surface area contributed by atoms with Gasteiger partial charge in [0.1, 0.15) is 5.75 Å². The van der Waals surface area contributed by atoms with Crippen LogP contribution in [0.25, 0.3) is 0 Å². The van der Waals surface area contributed by atoms with Crippen molar-refractivity contribution >= 4 is 8.15 Å². The van der Waals surface area contributed by atoms with E-state index in [1.165, 1.54) is 0 Å². The number of hydrogen-bond donors (Lipinski definition) is 0. The first kappa shape index (κ1) is 13.5. The minimum absolute atomic E-state index is 0.198. The normalized spacial score (nSPS) is 12.9. The Balaban J connectivity index is 2.89. The van der Waals surface area contributed by atoms with Crippen molar-refractivity contribution in [3.05, 3.63) is 30.3 Å². The molecule has 16 heavy (non-hydrogen) atoms. The summed E-state index contributed by atoms with van der Waals surface area (Å²) in [5.74, 6) is 0.985. The Morgan fingerprint density at radius 2 is 1.25 bits per heavy atom. The van der Waals surface area contributed by atoms with Crippen molar-refractivity contribution in [3.63, 3.8) is 0 Å². The van der Waals surface area contributed by atoms with Crippen molar-refractivity contribution in [2.24, 2.45) is 0 Å². The minimum Gasteiger partial charge on any atom is -0.473 e. The molecular weight excluding hydrogens is 215 g/mol. The number of rotatable bonds is 2. The average molecular weight is 238 g/mol.